The zero-order valence-electron chi connectivity index (χ0n) is 16.2. The van der Waals surface area contributed by atoms with Crippen LogP contribution in [-0.4, -0.2) is 37.7 Å². The Balaban J connectivity index is 1.96. The number of nitro benzene ring substituents is 1. The molecule has 0 aliphatic rings. The van der Waals surface area contributed by atoms with Crippen LogP contribution in [-0.2, 0) is 10.0 Å². The van der Waals surface area contributed by atoms with Crippen molar-refractivity contribution in [2.75, 3.05) is 17.5 Å². The third kappa shape index (κ3) is 5.16. The van der Waals surface area contributed by atoms with Crippen molar-refractivity contribution in [3.63, 3.8) is 0 Å². The molecule has 3 rings (SSSR count). The molecule has 0 saturated carbocycles. The van der Waals surface area contributed by atoms with Crippen molar-refractivity contribution in [2.24, 2.45) is 0 Å². The maximum absolute atomic E-state index is 14.5. The molecule has 0 radical (unpaired) electrons. The smallest absolute Gasteiger partial charge is 0.289 e. The molecule has 0 saturated heterocycles. The molecule has 3 aromatic rings. The minimum atomic E-state index is -4.59. The molecule has 1 unspecified atom stereocenters. The largest absolute Gasteiger partial charge is 0.491 e. The SMILES string of the molecule is O=[N+]([O-])c1ccccc1S(=O)(=O)N(CC(O)COc1ccccc1)c1ccccc1F. The fourth-order valence-electron chi connectivity index (χ4n) is 2.88. The van der Waals surface area contributed by atoms with E-state index < -0.39 is 44.0 Å². The van der Waals surface area contributed by atoms with Gasteiger partial charge in [0.1, 0.15) is 24.3 Å². The average Bonchev–Trinajstić information content (AvgIpc) is 2.77. The van der Waals surface area contributed by atoms with Crippen LogP contribution >= 0.6 is 0 Å². The van der Waals surface area contributed by atoms with Gasteiger partial charge in [0.2, 0.25) is 0 Å². The summed E-state index contributed by atoms with van der Waals surface area (Å²) in [5.41, 5.74) is -1.00. The molecular weight excluding hydrogens is 427 g/mol. The lowest BCUT2D eigenvalue weighted by molar-refractivity contribution is -0.387. The summed E-state index contributed by atoms with van der Waals surface area (Å²) in [6, 6.07) is 18.4. The lowest BCUT2D eigenvalue weighted by Crippen LogP contribution is -2.40. The molecule has 0 spiro atoms. The maximum atomic E-state index is 14.5. The molecule has 0 aromatic heterocycles. The van der Waals surface area contributed by atoms with Gasteiger partial charge in [0.15, 0.2) is 4.90 Å². The average molecular weight is 446 g/mol. The van der Waals surface area contributed by atoms with Crippen LogP contribution in [0.4, 0.5) is 15.8 Å². The molecule has 31 heavy (non-hydrogen) atoms. The molecule has 1 atom stereocenters. The van der Waals surface area contributed by atoms with Gasteiger partial charge in [-0.25, -0.2) is 12.8 Å². The maximum Gasteiger partial charge on any atom is 0.289 e. The lowest BCUT2D eigenvalue weighted by Gasteiger charge is -2.27. The van der Waals surface area contributed by atoms with E-state index in [2.05, 4.69) is 0 Å². The van der Waals surface area contributed by atoms with E-state index in [1.807, 2.05) is 0 Å². The predicted molar refractivity (Wildman–Crippen MR) is 112 cm³/mol. The molecular formula is C21H19FN2O6S. The van der Waals surface area contributed by atoms with Crippen LogP contribution in [0.15, 0.2) is 83.8 Å². The van der Waals surface area contributed by atoms with Crippen molar-refractivity contribution in [3.05, 3.63) is 94.8 Å². The number of hydrogen-bond donors (Lipinski definition) is 1. The zero-order valence-corrected chi connectivity index (χ0v) is 17.0. The lowest BCUT2D eigenvalue weighted by atomic mass is 10.3. The number of benzene rings is 3. The summed E-state index contributed by atoms with van der Waals surface area (Å²) in [6.45, 7) is -0.858. The number of hydrogen-bond acceptors (Lipinski definition) is 6. The molecule has 8 nitrogen and oxygen atoms in total. The van der Waals surface area contributed by atoms with Crippen LogP contribution in [0, 0.1) is 15.9 Å². The van der Waals surface area contributed by atoms with Crippen molar-refractivity contribution in [3.8, 4) is 5.75 Å². The van der Waals surface area contributed by atoms with Crippen molar-refractivity contribution in [1.82, 2.24) is 0 Å². The highest BCUT2D eigenvalue weighted by atomic mass is 32.2. The number of para-hydroxylation sites is 3. The monoisotopic (exact) mass is 446 g/mol. The summed E-state index contributed by atoms with van der Waals surface area (Å²) >= 11 is 0. The van der Waals surface area contributed by atoms with Crippen LogP contribution in [0.25, 0.3) is 0 Å². The summed E-state index contributed by atoms with van der Waals surface area (Å²) in [5.74, 6) is -0.401. The molecule has 0 aliphatic heterocycles. The molecule has 1 N–H and O–H groups in total. The van der Waals surface area contributed by atoms with Crippen LogP contribution in [0.5, 0.6) is 5.75 Å². The number of sulfonamides is 1. The van der Waals surface area contributed by atoms with Gasteiger partial charge < -0.3 is 9.84 Å². The summed E-state index contributed by atoms with van der Waals surface area (Å²) < 4.78 is 47.2. The number of nitrogens with zero attached hydrogens (tertiary/aromatic N) is 2. The summed E-state index contributed by atoms with van der Waals surface area (Å²) in [7, 11) is -4.59. The van der Waals surface area contributed by atoms with Crippen molar-refractivity contribution < 1.29 is 27.6 Å². The Morgan fingerprint density at radius 3 is 2.29 bits per heavy atom. The Labute approximate surface area is 178 Å². The molecule has 162 valence electrons. The highest BCUT2D eigenvalue weighted by Gasteiger charge is 2.34. The van der Waals surface area contributed by atoms with Gasteiger partial charge in [0.25, 0.3) is 15.7 Å². The van der Waals surface area contributed by atoms with Gasteiger partial charge in [-0.1, -0.05) is 42.5 Å². The highest BCUT2D eigenvalue weighted by molar-refractivity contribution is 7.93. The fraction of sp³-hybridized carbons (Fsp3) is 0.143. The first-order valence-electron chi connectivity index (χ1n) is 9.17. The number of halogens is 1. The zero-order chi connectivity index (χ0) is 22.4. The quantitative estimate of drug-likeness (QED) is 0.399. The number of anilines is 1. The van der Waals surface area contributed by atoms with Gasteiger partial charge in [0.05, 0.1) is 17.2 Å². The second-order valence-electron chi connectivity index (χ2n) is 6.49. The second kappa shape index (κ2) is 9.54. The molecule has 3 aromatic carbocycles. The standard InChI is InChI=1S/C21H19FN2O6S/c22-18-10-4-5-11-19(18)23(14-16(25)15-30-17-8-2-1-3-9-17)31(28,29)21-13-7-6-12-20(21)24(26)27/h1-13,16,25H,14-15H2. The van der Waals surface area contributed by atoms with Gasteiger partial charge in [-0.2, -0.15) is 0 Å². The first kappa shape index (κ1) is 22.2. The van der Waals surface area contributed by atoms with E-state index in [1.165, 1.54) is 30.3 Å². The Bertz CT molecular complexity index is 1160. The molecule has 10 heteroatoms. The summed E-state index contributed by atoms with van der Waals surface area (Å²) in [4.78, 5) is 9.91. The number of aliphatic hydroxyl groups excluding tert-OH is 1. The molecule has 0 aliphatic carbocycles. The van der Waals surface area contributed by atoms with Gasteiger partial charge in [-0.3, -0.25) is 14.4 Å². The van der Waals surface area contributed by atoms with E-state index in [-0.39, 0.29) is 12.3 Å². The van der Waals surface area contributed by atoms with Crippen LogP contribution in [0.1, 0.15) is 0 Å². The van der Waals surface area contributed by atoms with Crippen LogP contribution in [0.3, 0.4) is 0 Å². The Morgan fingerprint density at radius 1 is 1.00 bits per heavy atom. The minimum absolute atomic E-state index is 0.276. The number of ether oxygens (including phenoxy) is 1. The topological polar surface area (TPSA) is 110 Å². The molecule has 0 fully saturated rings. The summed E-state index contributed by atoms with van der Waals surface area (Å²) in [5, 5.41) is 21.8. The van der Waals surface area contributed by atoms with E-state index in [4.69, 9.17) is 4.74 Å². The third-order valence-corrected chi connectivity index (χ3v) is 6.14. The number of aliphatic hydroxyl groups is 1. The minimum Gasteiger partial charge on any atom is -0.491 e. The molecule has 0 amide bonds. The number of rotatable bonds is 9. The van der Waals surface area contributed by atoms with Crippen molar-refractivity contribution >= 4 is 21.4 Å². The van der Waals surface area contributed by atoms with E-state index in [1.54, 1.807) is 30.3 Å². The Hall–Kier alpha value is -3.50. The normalized spacial score (nSPS) is 12.2. The van der Waals surface area contributed by atoms with E-state index >= 15 is 0 Å². The van der Waals surface area contributed by atoms with Gasteiger partial charge in [0, 0.05) is 6.07 Å². The number of nitro groups is 1. The molecule has 0 heterocycles. The van der Waals surface area contributed by atoms with E-state index in [0.29, 0.717) is 10.1 Å². The predicted octanol–water partition coefficient (Wildman–Crippen LogP) is 3.37. The Morgan fingerprint density at radius 2 is 1.61 bits per heavy atom. The third-order valence-electron chi connectivity index (χ3n) is 4.31. The first-order chi connectivity index (χ1) is 14.8. The second-order valence-corrected chi connectivity index (χ2v) is 8.32. The van der Waals surface area contributed by atoms with Crippen LogP contribution in [0.2, 0.25) is 0 Å². The fourth-order valence-corrected chi connectivity index (χ4v) is 4.55. The summed E-state index contributed by atoms with van der Waals surface area (Å²) in [6.07, 6.45) is -1.35. The molecule has 0 bridgehead atoms. The van der Waals surface area contributed by atoms with Crippen molar-refractivity contribution in [2.45, 2.75) is 11.0 Å². The Kier molecular flexibility index (Phi) is 6.83. The van der Waals surface area contributed by atoms with E-state index in [9.17, 15) is 28.0 Å². The van der Waals surface area contributed by atoms with Gasteiger partial charge in [-0.15, -0.1) is 0 Å². The van der Waals surface area contributed by atoms with Gasteiger partial charge in [-0.05, 0) is 30.3 Å². The first-order valence-corrected chi connectivity index (χ1v) is 10.6. The van der Waals surface area contributed by atoms with Crippen LogP contribution < -0.4 is 9.04 Å². The van der Waals surface area contributed by atoms with E-state index in [0.717, 1.165) is 18.2 Å². The van der Waals surface area contributed by atoms with Crippen molar-refractivity contribution in [1.29, 1.82) is 0 Å². The highest BCUT2D eigenvalue weighted by Crippen LogP contribution is 2.31. The van der Waals surface area contributed by atoms with Gasteiger partial charge >= 0.3 is 0 Å².